The maximum Gasteiger partial charge on any atom is 0.0548 e. The number of hydrogen-bond donors (Lipinski definition) is 2. The fraction of sp³-hybridized carbons (Fsp3) is 0.100. The van der Waals surface area contributed by atoms with Gasteiger partial charge < -0.3 is 10.7 Å². The van der Waals surface area contributed by atoms with Crippen molar-refractivity contribution in [3.8, 4) is 0 Å². The second kappa shape index (κ2) is 5.43. The summed E-state index contributed by atoms with van der Waals surface area (Å²) in [6.45, 7) is 0. The summed E-state index contributed by atoms with van der Waals surface area (Å²) < 4.78 is 0. The second-order valence-corrected chi connectivity index (χ2v) is 3.21. The predicted molar refractivity (Wildman–Crippen MR) is 61.4 cm³/mol. The quantitative estimate of drug-likeness (QED) is 0.568. The first-order valence-corrected chi connectivity index (χ1v) is 4.90. The van der Waals surface area contributed by atoms with Gasteiger partial charge in [-0.1, -0.05) is 23.9 Å². The van der Waals surface area contributed by atoms with Gasteiger partial charge in [0.2, 0.25) is 0 Å². The monoisotopic (exact) mass is 192 g/mol. The first kappa shape index (κ1) is 9.86. The van der Waals surface area contributed by atoms with E-state index in [0.29, 0.717) is 0 Å². The minimum absolute atomic E-state index is 1.10. The molecule has 0 aliphatic rings. The minimum atomic E-state index is 1.10. The summed E-state index contributed by atoms with van der Waals surface area (Å²) in [6, 6.07) is 8.10. The summed E-state index contributed by atoms with van der Waals surface area (Å²) in [5.41, 5.74) is 3.54. The van der Waals surface area contributed by atoms with E-state index in [1.165, 1.54) is 17.3 Å². The molecule has 0 amide bonds. The van der Waals surface area contributed by atoms with Crippen LogP contribution in [0.4, 0.5) is 5.69 Å². The highest BCUT2D eigenvalue weighted by Crippen LogP contribution is 2.12. The largest absolute Gasteiger partial charge is 0.388 e. The highest BCUT2D eigenvalue weighted by molar-refractivity contribution is 8.14. The number of hydrogen-bond acceptors (Lipinski definition) is 3. The lowest BCUT2D eigenvalue weighted by molar-refractivity contribution is 1.50. The number of anilines is 1. The van der Waals surface area contributed by atoms with Gasteiger partial charge in [0.15, 0.2) is 0 Å². The van der Waals surface area contributed by atoms with Gasteiger partial charge in [-0.15, -0.1) is 0 Å². The van der Waals surface area contributed by atoms with Gasteiger partial charge in [-0.2, -0.15) is 0 Å². The molecule has 0 unspecified atom stereocenters. The van der Waals surface area contributed by atoms with E-state index in [4.69, 9.17) is 5.41 Å². The van der Waals surface area contributed by atoms with E-state index in [9.17, 15) is 0 Å². The molecule has 0 heterocycles. The number of nitrogens with one attached hydrogen (secondary N) is 2. The Balaban J connectivity index is 2.71. The smallest absolute Gasteiger partial charge is 0.0548 e. The maximum absolute atomic E-state index is 6.82. The van der Waals surface area contributed by atoms with Crippen molar-refractivity contribution in [2.75, 3.05) is 12.4 Å². The predicted octanol–water partition coefficient (Wildman–Crippen LogP) is 3.04. The Morgan fingerprint density at radius 3 is 3.00 bits per heavy atom. The van der Waals surface area contributed by atoms with Crippen LogP contribution >= 0.6 is 11.8 Å². The molecular formula is C10H12N2S. The maximum atomic E-state index is 6.82. The lowest BCUT2D eigenvalue weighted by atomic mass is 10.2. The Morgan fingerprint density at radius 1 is 1.46 bits per heavy atom. The van der Waals surface area contributed by atoms with Crippen molar-refractivity contribution in [3.63, 3.8) is 0 Å². The molecule has 1 aromatic rings. The van der Waals surface area contributed by atoms with Crippen LogP contribution < -0.4 is 5.32 Å². The van der Waals surface area contributed by atoms with Crippen LogP contribution in [0.2, 0.25) is 0 Å². The Morgan fingerprint density at radius 2 is 2.31 bits per heavy atom. The average molecular weight is 192 g/mol. The van der Waals surface area contributed by atoms with Crippen LogP contribution in [0.1, 0.15) is 5.56 Å². The van der Waals surface area contributed by atoms with Crippen LogP contribution in [0, 0.1) is 5.41 Å². The molecule has 3 heteroatoms. The van der Waals surface area contributed by atoms with E-state index in [2.05, 4.69) is 11.4 Å². The van der Waals surface area contributed by atoms with Gasteiger partial charge >= 0.3 is 0 Å². The highest BCUT2D eigenvalue weighted by Gasteiger charge is 1.88. The molecule has 0 aliphatic carbocycles. The van der Waals surface area contributed by atoms with Gasteiger partial charge in [0.05, 0.1) is 5.55 Å². The van der Waals surface area contributed by atoms with Gasteiger partial charge in [-0.3, -0.25) is 0 Å². The Bertz CT molecular complexity index is 308. The zero-order valence-corrected chi connectivity index (χ0v) is 8.27. The van der Waals surface area contributed by atoms with Crippen molar-refractivity contribution in [2.24, 2.45) is 0 Å². The second-order valence-electron chi connectivity index (χ2n) is 2.43. The molecule has 0 saturated heterocycles. The van der Waals surface area contributed by atoms with Crippen LogP contribution in [0.3, 0.4) is 0 Å². The fourth-order valence-corrected chi connectivity index (χ4v) is 1.27. The SMILES string of the molecule is CNc1cccc(/C=C/SC=N)c1. The molecule has 0 saturated carbocycles. The van der Waals surface area contributed by atoms with Gasteiger partial charge in [0.1, 0.15) is 0 Å². The van der Waals surface area contributed by atoms with E-state index in [1.807, 2.05) is 36.7 Å². The summed E-state index contributed by atoms with van der Waals surface area (Å²) in [6.07, 6.45) is 1.98. The van der Waals surface area contributed by atoms with Crippen LogP contribution in [-0.4, -0.2) is 12.6 Å². The topological polar surface area (TPSA) is 35.9 Å². The van der Waals surface area contributed by atoms with Crippen molar-refractivity contribution in [2.45, 2.75) is 0 Å². The normalized spacial score (nSPS) is 10.2. The van der Waals surface area contributed by atoms with E-state index < -0.39 is 0 Å². The first-order chi connectivity index (χ1) is 6.36. The Hall–Kier alpha value is -1.22. The fourth-order valence-electron chi connectivity index (χ4n) is 0.955. The third kappa shape index (κ3) is 3.34. The van der Waals surface area contributed by atoms with Crippen LogP contribution in [0.15, 0.2) is 29.7 Å². The third-order valence-electron chi connectivity index (χ3n) is 1.58. The van der Waals surface area contributed by atoms with E-state index in [0.717, 1.165) is 11.3 Å². The lowest BCUT2D eigenvalue weighted by Gasteiger charge is -1.99. The van der Waals surface area contributed by atoms with Gasteiger partial charge in [-0.25, -0.2) is 0 Å². The van der Waals surface area contributed by atoms with Crippen LogP contribution in [0.25, 0.3) is 6.08 Å². The summed E-state index contributed by atoms with van der Waals surface area (Å²) in [7, 11) is 1.90. The van der Waals surface area contributed by atoms with Crippen molar-refractivity contribution in [1.29, 1.82) is 5.41 Å². The van der Waals surface area contributed by atoms with E-state index in [1.54, 1.807) is 0 Å². The number of rotatable bonds is 4. The summed E-state index contributed by atoms with van der Waals surface area (Å²) in [5.74, 6) is 0. The zero-order chi connectivity index (χ0) is 9.52. The Labute approximate surface area is 82.6 Å². The van der Waals surface area contributed by atoms with Gasteiger partial charge in [0.25, 0.3) is 0 Å². The number of thioether (sulfide) groups is 1. The molecule has 0 spiro atoms. The van der Waals surface area contributed by atoms with Crippen LogP contribution in [0.5, 0.6) is 0 Å². The highest BCUT2D eigenvalue weighted by atomic mass is 32.2. The molecular weight excluding hydrogens is 180 g/mol. The minimum Gasteiger partial charge on any atom is -0.388 e. The molecule has 0 fully saturated rings. The molecule has 68 valence electrons. The summed E-state index contributed by atoms with van der Waals surface area (Å²) in [5, 5.41) is 11.8. The van der Waals surface area contributed by atoms with Crippen molar-refractivity contribution in [3.05, 3.63) is 35.2 Å². The molecule has 0 aromatic heterocycles. The molecule has 0 radical (unpaired) electrons. The molecule has 0 atom stereocenters. The van der Waals surface area contributed by atoms with Crippen LogP contribution in [-0.2, 0) is 0 Å². The van der Waals surface area contributed by atoms with Crippen molar-refractivity contribution in [1.82, 2.24) is 0 Å². The third-order valence-corrected chi connectivity index (χ3v) is 2.01. The molecule has 2 N–H and O–H groups in total. The van der Waals surface area contributed by atoms with Gasteiger partial charge in [0, 0.05) is 12.7 Å². The van der Waals surface area contributed by atoms with Crippen molar-refractivity contribution < 1.29 is 0 Å². The average Bonchev–Trinajstić information content (AvgIpc) is 2.19. The molecule has 1 aromatic carbocycles. The number of benzene rings is 1. The van der Waals surface area contributed by atoms with Gasteiger partial charge in [-0.05, 0) is 29.2 Å². The first-order valence-electron chi connectivity index (χ1n) is 3.95. The molecule has 13 heavy (non-hydrogen) atoms. The van der Waals surface area contributed by atoms with E-state index in [-0.39, 0.29) is 0 Å². The summed E-state index contributed by atoms with van der Waals surface area (Å²) in [4.78, 5) is 0. The lowest BCUT2D eigenvalue weighted by Crippen LogP contribution is -1.86. The zero-order valence-electron chi connectivity index (χ0n) is 7.45. The Kier molecular flexibility index (Phi) is 4.12. The summed E-state index contributed by atoms with van der Waals surface area (Å²) >= 11 is 1.36. The van der Waals surface area contributed by atoms with E-state index >= 15 is 0 Å². The standard InChI is InChI=1S/C10H12N2S/c1-12-10-4-2-3-9(7-10)5-6-13-8-11/h2-8,11-12H,1H3/b6-5+,11-8?. The molecule has 0 bridgehead atoms. The molecule has 2 nitrogen and oxygen atoms in total. The molecule has 1 rings (SSSR count). The van der Waals surface area contributed by atoms with Crippen molar-refractivity contribution >= 4 is 29.1 Å². The molecule has 0 aliphatic heterocycles.